The number of rotatable bonds is 9. The van der Waals surface area contributed by atoms with Crippen molar-refractivity contribution in [3.05, 3.63) is 35.4 Å². The summed E-state index contributed by atoms with van der Waals surface area (Å²) in [4.78, 5) is 12.7. The first-order valence-corrected chi connectivity index (χ1v) is 8.26. The van der Waals surface area contributed by atoms with E-state index in [-0.39, 0.29) is 29.3 Å². The molecule has 0 spiro atoms. The van der Waals surface area contributed by atoms with Crippen LogP contribution in [0, 0.1) is 0 Å². The van der Waals surface area contributed by atoms with E-state index in [0.29, 0.717) is 29.4 Å². The van der Waals surface area contributed by atoms with Crippen LogP contribution in [-0.4, -0.2) is 46.4 Å². The summed E-state index contributed by atoms with van der Waals surface area (Å²) in [6, 6.07) is 6.53. The van der Waals surface area contributed by atoms with Gasteiger partial charge < -0.3 is 28.8 Å². The van der Waals surface area contributed by atoms with Crippen molar-refractivity contribution >= 4 is 5.78 Å². The van der Waals surface area contributed by atoms with E-state index in [9.17, 15) is 9.90 Å². The van der Waals surface area contributed by atoms with Crippen molar-refractivity contribution in [1.82, 2.24) is 0 Å². The fourth-order valence-electron chi connectivity index (χ4n) is 2.80. The van der Waals surface area contributed by atoms with Crippen LogP contribution in [0.3, 0.4) is 0 Å². The number of methoxy groups -OCH3 is 5. The summed E-state index contributed by atoms with van der Waals surface area (Å²) in [6.07, 6.45) is 0.582. The van der Waals surface area contributed by atoms with Crippen LogP contribution in [-0.2, 0) is 6.42 Å². The molecule has 0 aliphatic carbocycles. The van der Waals surface area contributed by atoms with Gasteiger partial charge in [0.1, 0.15) is 22.8 Å². The minimum absolute atomic E-state index is 0.130. The van der Waals surface area contributed by atoms with Crippen molar-refractivity contribution in [3.8, 4) is 34.5 Å². The lowest BCUT2D eigenvalue weighted by atomic mass is 10.0. The molecule has 0 saturated heterocycles. The van der Waals surface area contributed by atoms with Crippen molar-refractivity contribution in [2.24, 2.45) is 0 Å². The van der Waals surface area contributed by atoms with Gasteiger partial charge in [-0.2, -0.15) is 0 Å². The number of carbonyl (C=O) groups excluding carboxylic acids is 1. The van der Waals surface area contributed by atoms with E-state index < -0.39 is 0 Å². The fourth-order valence-corrected chi connectivity index (χ4v) is 2.80. The number of ether oxygens (including phenoxy) is 5. The molecule has 0 bridgehead atoms. The molecular formula is C20H24O7. The summed E-state index contributed by atoms with van der Waals surface area (Å²) in [5, 5.41) is 10.2. The van der Waals surface area contributed by atoms with Crippen molar-refractivity contribution in [1.29, 1.82) is 0 Å². The molecular weight excluding hydrogens is 352 g/mol. The molecule has 27 heavy (non-hydrogen) atoms. The molecule has 0 aliphatic rings. The third-order valence-corrected chi connectivity index (χ3v) is 4.15. The summed E-state index contributed by atoms with van der Waals surface area (Å²) in [7, 11) is 7.51. The Morgan fingerprint density at radius 1 is 0.815 bits per heavy atom. The molecule has 146 valence electrons. The number of hydrogen-bond donors (Lipinski definition) is 1. The summed E-state index contributed by atoms with van der Waals surface area (Å²) in [5.41, 5.74) is 0.968. The second kappa shape index (κ2) is 9.02. The van der Waals surface area contributed by atoms with Crippen LogP contribution in [0.25, 0.3) is 0 Å². The highest BCUT2D eigenvalue weighted by molar-refractivity contribution is 6.01. The van der Waals surface area contributed by atoms with Crippen LogP contribution in [0.15, 0.2) is 24.3 Å². The van der Waals surface area contributed by atoms with Crippen molar-refractivity contribution in [3.63, 3.8) is 0 Å². The number of phenols is 1. The van der Waals surface area contributed by atoms with Gasteiger partial charge in [-0.15, -0.1) is 0 Å². The maximum atomic E-state index is 12.7. The number of hydrogen-bond acceptors (Lipinski definition) is 7. The lowest BCUT2D eigenvalue weighted by Crippen LogP contribution is -2.05. The zero-order valence-electron chi connectivity index (χ0n) is 16.1. The first kappa shape index (κ1) is 20.2. The average molecular weight is 376 g/mol. The monoisotopic (exact) mass is 376 g/mol. The largest absolute Gasteiger partial charge is 0.507 e. The lowest BCUT2D eigenvalue weighted by Gasteiger charge is -2.14. The average Bonchev–Trinajstić information content (AvgIpc) is 2.70. The Morgan fingerprint density at radius 2 is 1.41 bits per heavy atom. The highest BCUT2D eigenvalue weighted by atomic mass is 16.5. The van der Waals surface area contributed by atoms with E-state index in [1.807, 2.05) is 0 Å². The van der Waals surface area contributed by atoms with Gasteiger partial charge in [-0.3, -0.25) is 4.79 Å². The van der Waals surface area contributed by atoms with Crippen LogP contribution in [0.1, 0.15) is 22.3 Å². The molecule has 0 amide bonds. The van der Waals surface area contributed by atoms with E-state index in [2.05, 4.69) is 0 Å². The standard InChI is InChI=1S/C20H24O7/c1-23-13-10-15(22)19(16(11-13)24-2)14(21)7-6-12-8-17(25-3)20(27-5)18(9-12)26-4/h8-11,22H,6-7H2,1-5H3. The molecule has 7 nitrogen and oxygen atoms in total. The lowest BCUT2D eigenvalue weighted by molar-refractivity contribution is 0.0977. The number of benzene rings is 2. The maximum absolute atomic E-state index is 12.7. The predicted octanol–water partition coefficient (Wildman–Crippen LogP) is 3.25. The van der Waals surface area contributed by atoms with Crippen molar-refractivity contribution in [2.75, 3.05) is 35.5 Å². The molecule has 2 aromatic rings. The van der Waals surface area contributed by atoms with E-state index in [1.54, 1.807) is 18.2 Å². The Labute approximate surface area is 158 Å². The van der Waals surface area contributed by atoms with E-state index >= 15 is 0 Å². The summed E-state index contributed by atoms with van der Waals surface area (Å²) in [6.45, 7) is 0. The minimum Gasteiger partial charge on any atom is -0.507 e. The quantitative estimate of drug-likeness (QED) is 0.673. The van der Waals surface area contributed by atoms with Gasteiger partial charge >= 0.3 is 0 Å². The molecule has 0 heterocycles. The number of aryl methyl sites for hydroxylation is 1. The normalized spacial score (nSPS) is 10.3. The molecule has 1 N–H and O–H groups in total. The van der Waals surface area contributed by atoms with Gasteiger partial charge in [-0.1, -0.05) is 0 Å². The number of phenolic OH excluding ortho intramolecular Hbond substituents is 1. The zero-order chi connectivity index (χ0) is 20.0. The van der Waals surface area contributed by atoms with Gasteiger partial charge in [-0.05, 0) is 24.1 Å². The summed E-state index contributed by atoms with van der Waals surface area (Å²) in [5.74, 6) is 1.77. The molecule has 0 atom stereocenters. The van der Waals surface area contributed by atoms with E-state index in [4.69, 9.17) is 23.7 Å². The molecule has 0 saturated carbocycles. The number of carbonyl (C=O) groups is 1. The smallest absolute Gasteiger partial charge is 0.203 e. The minimum atomic E-state index is -0.249. The van der Waals surface area contributed by atoms with Gasteiger partial charge in [0.2, 0.25) is 5.75 Å². The topological polar surface area (TPSA) is 83.5 Å². The first-order valence-electron chi connectivity index (χ1n) is 8.26. The fraction of sp³-hybridized carbons (Fsp3) is 0.350. The maximum Gasteiger partial charge on any atom is 0.203 e. The van der Waals surface area contributed by atoms with Gasteiger partial charge in [0.05, 0.1) is 35.5 Å². The second-order valence-electron chi connectivity index (χ2n) is 5.68. The van der Waals surface area contributed by atoms with Gasteiger partial charge in [0.25, 0.3) is 0 Å². The SMILES string of the molecule is COc1cc(O)c(C(=O)CCc2cc(OC)c(OC)c(OC)c2)c(OC)c1. The Morgan fingerprint density at radius 3 is 1.89 bits per heavy atom. The van der Waals surface area contributed by atoms with E-state index in [0.717, 1.165) is 5.56 Å². The Kier molecular flexibility index (Phi) is 6.76. The third-order valence-electron chi connectivity index (χ3n) is 4.15. The molecule has 0 aliphatic heterocycles. The first-order chi connectivity index (χ1) is 13.0. The van der Waals surface area contributed by atoms with Crippen LogP contribution >= 0.6 is 0 Å². The Bertz CT molecular complexity index is 789. The number of Topliss-reactive ketones (excluding diaryl/α,β-unsaturated/α-hetero) is 1. The van der Waals surface area contributed by atoms with Crippen LogP contribution in [0.4, 0.5) is 0 Å². The van der Waals surface area contributed by atoms with Crippen molar-refractivity contribution in [2.45, 2.75) is 12.8 Å². The summed E-state index contributed by atoms with van der Waals surface area (Å²) >= 11 is 0. The van der Waals surface area contributed by atoms with Gasteiger partial charge in [0, 0.05) is 18.6 Å². The Balaban J connectivity index is 2.26. The predicted molar refractivity (Wildman–Crippen MR) is 100.0 cm³/mol. The molecule has 2 aromatic carbocycles. The molecule has 0 aromatic heterocycles. The Hall–Kier alpha value is -3.09. The molecule has 2 rings (SSSR count). The highest BCUT2D eigenvalue weighted by Crippen LogP contribution is 2.39. The second-order valence-corrected chi connectivity index (χ2v) is 5.68. The van der Waals surface area contributed by atoms with Crippen molar-refractivity contribution < 1.29 is 33.6 Å². The number of aromatic hydroxyl groups is 1. The van der Waals surface area contributed by atoms with Gasteiger partial charge in [0.15, 0.2) is 17.3 Å². The zero-order valence-corrected chi connectivity index (χ0v) is 16.1. The van der Waals surface area contributed by atoms with E-state index in [1.165, 1.54) is 41.6 Å². The van der Waals surface area contributed by atoms with Crippen LogP contribution in [0.5, 0.6) is 34.5 Å². The van der Waals surface area contributed by atoms with Crippen LogP contribution in [0.2, 0.25) is 0 Å². The molecule has 0 fully saturated rings. The number of ketones is 1. The molecule has 7 heteroatoms. The highest BCUT2D eigenvalue weighted by Gasteiger charge is 2.20. The van der Waals surface area contributed by atoms with Crippen LogP contribution < -0.4 is 23.7 Å². The van der Waals surface area contributed by atoms with Gasteiger partial charge in [-0.25, -0.2) is 0 Å². The third kappa shape index (κ3) is 4.36. The summed E-state index contributed by atoms with van der Waals surface area (Å²) < 4.78 is 26.3. The molecule has 0 unspecified atom stereocenters. The molecule has 0 radical (unpaired) electrons.